The topological polar surface area (TPSA) is 131 Å². The molecule has 0 saturated heterocycles. The molecular weight excluding hydrogens is 610 g/mol. The Kier molecular flexibility index (Phi) is 9.59. The summed E-state index contributed by atoms with van der Waals surface area (Å²) < 4.78 is 21.5. The number of rotatable bonds is 8. The average Bonchev–Trinajstić information content (AvgIpc) is 3.00. The minimum absolute atomic E-state index is 0.0123. The van der Waals surface area contributed by atoms with Gasteiger partial charge >= 0.3 is 0 Å². The largest absolute Gasteiger partial charge is 0.481 e. The average molecular weight is 642 g/mol. The molecule has 13 heteroatoms. The second kappa shape index (κ2) is 13.4. The molecule has 4 aromatic rings. The van der Waals surface area contributed by atoms with Gasteiger partial charge in [0.15, 0.2) is 5.69 Å². The van der Waals surface area contributed by atoms with Crippen molar-refractivity contribution in [3.63, 3.8) is 0 Å². The Hall–Kier alpha value is -3.90. The molecule has 0 bridgehead atoms. The minimum atomic E-state index is -0.863. The molecule has 1 amide bonds. The highest BCUT2D eigenvalue weighted by Crippen LogP contribution is 2.42. The van der Waals surface area contributed by atoms with Crippen LogP contribution in [0.15, 0.2) is 47.3 Å². The summed E-state index contributed by atoms with van der Waals surface area (Å²) in [6, 6.07) is 11.1. The molecule has 2 aromatic carbocycles. The smallest absolute Gasteiger partial charge is 0.298 e. The molecule has 2 aromatic heterocycles. The van der Waals surface area contributed by atoms with Crippen molar-refractivity contribution in [2.24, 2.45) is 7.05 Å². The Bertz CT molecular complexity index is 1780. The lowest BCUT2D eigenvalue weighted by Gasteiger charge is -2.28. The van der Waals surface area contributed by atoms with Gasteiger partial charge in [0.25, 0.3) is 11.5 Å². The first-order valence-corrected chi connectivity index (χ1v) is 14.8. The standard InChI is InChI=1S/C31H31Cl2FN6O4/c1-16-36-28(31(43)40(2)39-16)29(42)37-24-14-18(34)13-21(27(24)33)19-7-6-8-20(26(19)32)22-12-11-17(30(38-22)44-3)15-35-23-9-4-5-10-25(23)41/h6-8,11-14,23,25,35,41H,4-5,9-10,15H2,1-3H3,(H,37,42). The zero-order valence-corrected chi connectivity index (χ0v) is 25.8. The number of aryl methyl sites for hydroxylation is 2. The number of aliphatic hydroxyl groups excluding tert-OH is 1. The van der Waals surface area contributed by atoms with Crippen LogP contribution in [0.4, 0.5) is 10.1 Å². The van der Waals surface area contributed by atoms with E-state index in [1.807, 2.05) is 12.1 Å². The monoisotopic (exact) mass is 640 g/mol. The maximum atomic E-state index is 14.9. The molecule has 1 aliphatic rings. The molecule has 1 saturated carbocycles. The van der Waals surface area contributed by atoms with Crippen LogP contribution < -0.4 is 20.9 Å². The number of hydrogen-bond acceptors (Lipinski definition) is 8. The van der Waals surface area contributed by atoms with Crippen LogP contribution >= 0.6 is 23.2 Å². The predicted octanol–water partition coefficient (Wildman–Crippen LogP) is 5.31. The van der Waals surface area contributed by atoms with E-state index >= 15 is 0 Å². The molecular formula is C31H31Cl2FN6O4. The molecule has 2 atom stereocenters. The Labute approximate surface area is 263 Å². The van der Waals surface area contributed by atoms with Crippen molar-refractivity contribution < 1.29 is 19.0 Å². The van der Waals surface area contributed by atoms with Crippen molar-refractivity contribution in [1.29, 1.82) is 0 Å². The van der Waals surface area contributed by atoms with Gasteiger partial charge in [-0.25, -0.2) is 19.0 Å². The van der Waals surface area contributed by atoms with Gasteiger partial charge in [0.05, 0.1) is 34.6 Å². The third kappa shape index (κ3) is 6.61. The third-order valence-electron chi connectivity index (χ3n) is 7.55. The van der Waals surface area contributed by atoms with E-state index in [-0.39, 0.29) is 39.3 Å². The zero-order chi connectivity index (χ0) is 31.5. The van der Waals surface area contributed by atoms with Crippen LogP contribution in [0.2, 0.25) is 10.0 Å². The SMILES string of the molecule is COc1nc(-c2cccc(-c3cc(F)cc(NC(=O)c4nc(C)nn(C)c4=O)c3Cl)c2Cl)ccc1CNC1CCCCC1O. The molecule has 1 fully saturated rings. The first-order valence-electron chi connectivity index (χ1n) is 14.0. The van der Waals surface area contributed by atoms with Gasteiger partial charge < -0.3 is 20.5 Å². The molecule has 2 heterocycles. The Balaban J connectivity index is 1.45. The number of amides is 1. The lowest BCUT2D eigenvalue weighted by molar-refractivity contribution is 0.0901. The Morgan fingerprint density at radius 1 is 1.09 bits per heavy atom. The van der Waals surface area contributed by atoms with Crippen molar-refractivity contribution in [3.05, 3.63) is 85.8 Å². The summed E-state index contributed by atoms with van der Waals surface area (Å²) >= 11 is 13.6. The van der Waals surface area contributed by atoms with Crippen LogP contribution in [0, 0.1) is 12.7 Å². The zero-order valence-electron chi connectivity index (χ0n) is 24.3. The van der Waals surface area contributed by atoms with E-state index in [0.29, 0.717) is 29.2 Å². The third-order valence-corrected chi connectivity index (χ3v) is 8.36. The summed E-state index contributed by atoms with van der Waals surface area (Å²) in [4.78, 5) is 34.0. The van der Waals surface area contributed by atoms with Gasteiger partial charge in [0.1, 0.15) is 11.6 Å². The number of pyridine rings is 1. The van der Waals surface area contributed by atoms with Gasteiger partial charge in [-0.2, -0.15) is 5.10 Å². The van der Waals surface area contributed by atoms with Crippen molar-refractivity contribution >= 4 is 34.8 Å². The van der Waals surface area contributed by atoms with Crippen molar-refractivity contribution in [2.45, 2.75) is 51.3 Å². The number of halogens is 3. The number of nitrogens with zero attached hydrogens (tertiary/aromatic N) is 4. The van der Waals surface area contributed by atoms with Gasteiger partial charge in [0, 0.05) is 41.9 Å². The van der Waals surface area contributed by atoms with Gasteiger partial charge in [-0.15, -0.1) is 0 Å². The van der Waals surface area contributed by atoms with Crippen LogP contribution in [0.5, 0.6) is 5.88 Å². The van der Waals surface area contributed by atoms with E-state index in [9.17, 15) is 19.1 Å². The highest BCUT2D eigenvalue weighted by molar-refractivity contribution is 6.39. The van der Waals surface area contributed by atoms with Gasteiger partial charge in [0.2, 0.25) is 5.88 Å². The number of carbonyl (C=O) groups excluding carboxylic acids is 1. The number of aromatic nitrogens is 4. The number of ether oxygens (including phenoxy) is 1. The number of hydrogen-bond donors (Lipinski definition) is 3. The van der Waals surface area contributed by atoms with Gasteiger partial charge in [-0.05, 0) is 38.0 Å². The molecule has 44 heavy (non-hydrogen) atoms. The molecule has 1 aliphatic carbocycles. The lowest BCUT2D eigenvalue weighted by Crippen LogP contribution is -2.41. The molecule has 3 N–H and O–H groups in total. The fourth-order valence-electron chi connectivity index (χ4n) is 5.31. The van der Waals surface area contributed by atoms with Crippen molar-refractivity contribution in [2.75, 3.05) is 12.4 Å². The van der Waals surface area contributed by atoms with Crippen molar-refractivity contribution in [3.8, 4) is 28.3 Å². The molecule has 0 aliphatic heterocycles. The summed E-state index contributed by atoms with van der Waals surface area (Å²) in [5, 5.41) is 20.4. The van der Waals surface area contributed by atoms with E-state index < -0.39 is 23.0 Å². The fraction of sp³-hybridized carbons (Fsp3) is 0.323. The molecule has 0 spiro atoms. The maximum Gasteiger partial charge on any atom is 0.298 e. The van der Waals surface area contributed by atoms with Crippen LogP contribution in [0.3, 0.4) is 0 Å². The highest BCUT2D eigenvalue weighted by atomic mass is 35.5. The summed E-state index contributed by atoms with van der Waals surface area (Å²) in [7, 11) is 2.93. The van der Waals surface area contributed by atoms with E-state index in [1.54, 1.807) is 18.2 Å². The second-order valence-electron chi connectivity index (χ2n) is 10.6. The number of methoxy groups -OCH3 is 1. The number of carbonyl (C=O) groups is 1. The number of aliphatic hydroxyl groups is 1. The molecule has 2 unspecified atom stereocenters. The normalized spacial score (nSPS) is 16.5. The predicted molar refractivity (Wildman–Crippen MR) is 167 cm³/mol. The first-order chi connectivity index (χ1) is 21.1. The molecule has 10 nitrogen and oxygen atoms in total. The van der Waals surface area contributed by atoms with E-state index in [1.165, 1.54) is 27.1 Å². The van der Waals surface area contributed by atoms with E-state index in [4.69, 9.17) is 27.9 Å². The second-order valence-corrected chi connectivity index (χ2v) is 11.3. The van der Waals surface area contributed by atoms with Gasteiger partial charge in [-0.3, -0.25) is 9.59 Å². The minimum Gasteiger partial charge on any atom is -0.481 e. The van der Waals surface area contributed by atoms with Crippen LogP contribution in [0.25, 0.3) is 22.4 Å². The fourth-order valence-corrected chi connectivity index (χ4v) is 5.89. The van der Waals surface area contributed by atoms with Crippen LogP contribution in [-0.4, -0.2) is 50.0 Å². The summed E-state index contributed by atoms with van der Waals surface area (Å²) in [5.74, 6) is -0.933. The Morgan fingerprint density at radius 3 is 2.59 bits per heavy atom. The first kappa shape index (κ1) is 31.5. The van der Waals surface area contributed by atoms with E-state index in [2.05, 4.69) is 25.7 Å². The van der Waals surface area contributed by atoms with Crippen LogP contribution in [0.1, 0.15) is 47.6 Å². The number of anilines is 1. The lowest BCUT2D eigenvalue weighted by atomic mass is 9.92. The number of nitrogens with one attached hydrogen (secondary N) is 2. The molecule has 5 rings (SSSR count). The van der Waals surface area contributed by atoms with Gasteiger partial charge in [-0.1, -0.05) is 60.3 Å². The maximum absolute atomic E-state index is 14.9. The van der Waals surface area contributed by atoms with Crippen LogP contribution in [-0.2, 0) is 13.6 Å². The summed E-state index contributed by atoms with van der Waals surface area (Å²) in [6.45, 7) is 2.01. The number of benzene rings is 2. The molecule has 0 radical (unpaired) electrons. The van der Waals surface area contributed by atoms with E-state index in [0.717, 1.165) is 42.0 Å². The quantitative estimate of drug-likeness (QED) is 0.236. The summed E-state index contributed by atoms with van der Waals surface area (Å²) in [6.07, 6.45) is 3.41. The Morgan fingerprint density at radius 2 is 1.84 bits per heavy atom. The van der Waals surface area contributed by atoms with Crippen molar-refractivity contribution in [1.82, 2.24) is 25.1 Å². The summed E-state index contributed by atoms with van der Waals surface area (Å²) in [5.41, 5.74) is 1.33. The molecule has 230 valence electrons. The highest BCUT2D eigenvalue weighted by Gasteiger charge is 2.24.